The highest BCUT2D eigenvalue weighted by Gasteiger charge is 2.09. The van der Waals surface area contributed by atoms with Gasteiger partial charge in [-0.2, -0.15) is 0 Å². The molecule has 0 fully saturated rings. The van der Waals surface area contributed by atoms with Crippen LogP contribution in [-0.4, -0.2) is 10.6 Å². The molecule has 0 atom stereocenters. The molecule has 3 nitrogen and oxygen atoms in total. The Labute approximate surface area is 123 Å². The van der Waals surface area contributed by atoms with Gasteiger partial charge in [0.1, 0.15) is 5.82 Å². The standard InChI is InChI=1S/C15H10BrFN2O/c16-12-5-6-14(13(17)7-12)18-15(20)19-8-10-3-1-2-4-11(10)9-19/h1-9H,(H,18,20). The fraction of sp³-hybridized carbons (Fsp3) is 0. The Morgan fingerprint density at radius 3 is 2.35 bits per heavy atom. The number of carbonyl (C=O) groups is 1. The van der Waals surface area contributed by atoms with E-state index in [4.69, 9.17) is 0 Å². The van der Waals surface area contributed by atoms with Gasteiger partial charge in [-0.1, -0.05) is 40.2 Å². The molecule has 1 aromatic heterocycles. The summed E-state index contributed by atoms with van der Waals surface area (Å²) in [6.07, 6.45) is 3.42. The molecule has 0 radical (unpaired) electrons. The number of amides is 1. The Morgan fingerprint density at radius 1 is 1.10 bits per heavy atom. The van der Waals surface area contributed by atoms with Gasteiger partial charge in [0.2, 0.25) is 0 Å². The number of hydrogen-bond acceptors (Lipinski definition) is 1. The van der Waals surface area contributed by atoms with E-state index in [-0.39, 0.29) is 5.69 Å². The van der Waals surface area contributed by atoms with E-state index in [0.29, 0.717) is 4.47 Å². The van der Waals surface area contributed by atoms with E-state index in [1.54, 1.807) is 18.5 Å². The Bertz CT molecular complexity index is 764. The highest BCUT2D eigenvalue weighted by atomic mass is 79.9. The SMILES string of the molecule is O=C(Nc1ccc(Br)cc1F)n1cc2ccccc2c1. The van der Waals surface area contributed by atoms with E-state index in [9.17, 15) is 9.18 Å². The Hall–Kier alpha value is -2.14. The first-order valence-electron chi connectivity index (χ1n) is 5.96. The first-order valence-corrected chi connectivity index (χ1v) is 6.76. The zero-order chi connectivity index (χ0) is 14.1. The monoisotopic (exact) mass is 332 g/mol. The van der Waals surface area contributed by atoms with Crippen LogP contribution in [0.25, 0.3) is 10.8 Å². The predicted octanol–water partition coefficient (Wildman–Crippen LogP) is 4.62. The van der Waals surface area contributed by atoms with Gasteiger partial charge in [-0.15, -0.1) is 0 Å². The van der Waals surface area contributed by atoms with Crippen LogP contribution in [0.1, 0.15) is 0 Å². The fourth-order valence-electron chi connectivity index (χ4n) is 1.97. The summed E-state index contributed by atoms with van der Waals surface area (Å²) in [4.78, 5) is 12.1. The van der Waals surface area contributed by atoms with Crippen molar-refractivity contribution in [1.29, 1.82) is 0 Å². The molecule has 1 amide bonds. The lowest BCUT2D eigenvalue weighted by Crippen LogP contribution is -2.18. The minimum atomic E-state index is -0.482. The molecule has 1 N–H and O–H groups in total. The first kappa shape index (κ1) is 12.9. The van der Waals surface area contributed by atoms with E-state index in [1.807, 2.05) is 24.3 Å². The fourth-order valence-corrected chi connectivity index (χ4v) is 2.30. The van der Waals surface area contributed by atoms with Crippen LogP contribution < -0.4 is 5.32 Å². The van der Waals surface area contributed by atoms with Crippen LogP contribution in [0.2, 0.25) is 0 Å². The normalized spacial score (nSPS) is 10.7. The number of nitrogens with zero attached hydrogens (tertiary/aromatic N) is 1. The topological polar surface area (TPSA) is 34.0 Å². The highest BCUT2D eigenvalue weighted by Crippen LogP contribution is 2.20. The number of benzene rings is 2. The number of fused-ring (bicyclic) bond motifs is 1. The van der Waals surface area contributed by atoms with E-state index >= 15 is 0 Å². The van der Waals surface area contributed by atoms with Crippen LogP contribution in [0.15, 0.2) is 59.3 Å². The van der Waals surface area contributed by atoms with Gasteiger partial charge in [0.15, 0.2) is 0 Å². The number of rotatable bonds is 1. The number of anilines is 1. The molecule has 2 aromatic carbocycles. The van der Waals surface area contributed by atoms with E-state index in [0.717, 1.165) is 10.8 Å². The van der Waals surface area contributed by atoms with Crippen LogP contribution in [0.5, 0.6) is 0 Å². The zero-order valence-electron chi connectivity index (χ0n) is 10.3. The van der Waals surface area contributed by atoms with Crippen LogP contribution in [-0.2, 0) is 0 Å². The Balaban J connectivity index is 1.89. The minimum absolute atomic E-state index is 0.149. The summed E-state index contributed by atoms with van der Waals surface area (Å²) in [5.74, 6) is -0.482. The molecule has 0 saturated carbocycles. The molecular formula is C15H10BrFN2O. The molecule has 20 heavy (non-hydrogen) atoms. The third-order valence-electron chi connectivity index (χ3n) is 2.96. The summed E-state index contributed by atoms with van der Waals surface area (Å²) in [7, 11) is 0. The molecule has 0 aliphatic carbocycles. The van der Waals surface area contributed by atoms with Gasteiger partial charge in [0.05, 0.1) is 5.69 Å². The van der Waals surface area contributed by atoms with Gasteiger partial charge in [-0.3, -0.25) is 4.57 Å². The van der Waals surface area contributed by atoms with Crippen LogP contribution in [0.3, 0.4) is 0 Å². The Morgan fingerprint density at radius 2 is 1.75 bits per heavy atom. The van der Waals surface area contributed by atoms with Gasteiger partial charge in [-0.05, 0) is 29.0 Å². The van der Waals surface area contributed by atoms with Crippen LogP contribution in [0.4, 0.5) is 14.9 Å². The minimum Gasteiger partial charge on any atom is -0.305 e. The molecule has 100 valence electrons. The van der Waals surface area contributed by atoms with Gasteiger partial charge < -0.3 is 5.32 Å². The molecule has 3 aromatic rings. The Kier molecular flexibility index (Phi) is 3.28. The van der Waals surface area contributed by atoms with E-state index < -0.39 is 11.8 Å². The predicted molar refractivity (Wildman–Crippen MR) is 80.5 cm³/mol. The quantitative estimate of drug-likeness (QED) is 0.693. The van der Waals surface area contributed by atoms with Crippen molar-refractivity contribution in [3.8, 4) is 0 Å². The molecule has 0 aliphatic rings. The second-order valence-corrected chi connectivity index (χ2v) is 5.26. The van der Waals surface area contributed by atoms with Crippen molar-refractivity contribution in [2.24, 2.45) is 0 Å². The maximum Gasteiger partial charge on any atom is 0.330 e. The molecule has 0 saturated heterocycles. The van der Waals surface area contributed by atoms with Crippen molar-refractivity contribution in [2.45, 2.75) is 0 Å². The number of carbonyl (C=O) groups excluding carboxylic acids is 1. The largest absolute Gasteiger partial charge is 0.330 e. The number of nitrogens with one attached hydrogen (secondary N) is 1. The average Bonchev–Trinajstić information content (AvgIpc) is 2.86. The molecule has 0 aliphatic heterocycles. The first-order chi connectivity index (χ1) is 9.63. The summed E-state index contributed by atoms with van der Waals surface area (Å²) in [6, 6.07) is 11.7. The van der Waals surface area contributed by atoms with Gasteiger partial charge in [-0.25, -0.2) is 9.18 Å². The van der Waals surface area contributed by atoms with E-state index in [1.165, 1.54) is 16.7 Å². The molecular weight excluding hydrogens is 323 g/mol. The van der Waals surface area contributed by atoms with Crippen molar-refractivity contribution < 1.29 is 9.18 Å². The second kappa shape index (κ2) is 5.09. The van der Waals surface area contributed by atoms with Crippen molar-refractivity contribution in [3.05, 3.63) is 65.1 Å². The summed E-state index contributed by atoms with van der Waals surface area (Å²) in [5, 5.41) is 4.46. The van der Waals surface area contributed by atoms with E-state index in [2.05, 4.69) is 21.2 Å². The number of hydrogen-bond donors (Lipinski definition) is 1. The number of halogens is 2. The lowest BCUT2D eigenvalue weighted by Gasteiger charge is -2.06. The summed E-state index contributed by atoms with van der Waals surface area (Å²) >= 11 is 3.17. The maximum atomic E-state index is 13.7. The summed E-state index contributed by atoms with van der Waals surface area (Å²) < 4.78 is 15.7. The van der Waals surface area contributed by atoms with Gasteiger partial charge in [0.25, 0.3) is 0 Å². The lowest BCUT2D eigenvalue weighted by molar-refractivity contribution is 0.253. The molecule has 3 rings (SSSR count). The average molecular weight is 333 g/mol. The third-order valence-corrected chi connectivity index (χ3v) is 3.45. The van der Waals surface area contributed by atoms with Crippen molar-refractivity contribution in [1.82, 2.24) is 4.57 Å². The molecule has 0 spiro atoms. The molecule has 1 heterocycles. The third kappa shape index (κ3) is 2.44. The molecule has 0 unspecified atom stereocenters. The smallest absolute Gasteiger partial charge is 0.305 e. The van der Waals surface area contributed by atoms with Crippen molar-refractivity contribution >= 4 is 38.4 Å². The molecule has 0 bridgehead atoms. The lowest BCUT2D eigenvalue weighted by atomic mass is 10.2. The summed E-state index contributed by atoms with van der Waals surface area (Å²) in [6.45, 7) is 0. The summed E-state index contributed by atoms with van der Waals surface area (Å²) in [5.41, 5.74) is 0.149. The van der Waals surface area contributed by atoms with Crippen LogP contribution >= 0.6 is 15.9 Å². The van der Waals surface area contributed by atoms with Gasteiger partial charge >= 0.3 is 6.03 Å². The maximum absolute atomic E-state index is 13.7. The highest BCUT2D eigenvalue weighted by molar-refractivity contribution is 9.10. The van der Waals surface area contributed by atoms with Crippen molar-refractivity contribution in [3.63, 3.8) is 0 Å². The van der Waals surface area contributed by atoms with Gasteiger partial charge in [0, 0.05) is 16.9 Å². The number of aromatic nitrogens is 1. The van der Waals surface area contributed by atoms with Crippen LogP contribution in [0, 0.1) is 5.82 Å². The molecule has 5 heteroatoms. The second-order valence-electron chi connectivity index (χ2n) is 4.35. The van der Waals surface area contributed by atoms with Crippen molar-refractivity contribution in [2.75, 3.05) is 5.32 Å². The zero-order valence-corrected chi connectivity index (χ0v) is 11.9.